The topological polar surface area (TPSA) is 65.1 Å². The van der Waals surface area contributed by atoms with Crippen molar-refractivity contribution < 1.29 is 0 Å². The van der Waals surface area contributed by atoms with Crippen molar-refractivity contribution in [2.75, 3.05) is 13.1 Å². The molecule has 1 aromatic heterocycles. The number of fused-ring (bicyclic) bond motifs is 1. The number of aryl methyl sites for hydroxylation is 1. The van der Waals surface area contributed by atoms with E-state index in [1.165, 1.54) is 0 Å². The maximum Gasteiger partial charge on any atom is 0.191 e. The maximum atomic E-state index is 5.92. The third-order valence-electron chi connectivity index (χ3n) is 4.00. The maximum absolute atomic E-state index is 5.92. The molecule has 0 aliphatic heterocycles. The average Bonchev–Trinajstić information content (AvgIpc) is 3.07. The average molecular weight is 498 g/mol. The monoisotopic (exact) mass is 497 g/mol. The second-order valence-electron chi connectivity index (χ2n) is 6.05. The van der Waals surface area contributed by atoms with Crippen molar-refractivity contribution in [3.05, 3.63) is 64.9 Å². The van der Waals surface area contributed by atoms with Crippen LogP contribution in [0.25, 0.3) is 11.0 Å². The Kier molecular flexibility index (Phi) is 8.87. The Morgan fingerprint density at radius 3 is 2.63 bits per heavy atom. The van der Waals surface area contributed by atoms with E-state index in [0.29, 0.717) is 6.54 Å². The van der Waals surface area contributed by atoms with Crippen LogP contribution in [0.15, 0.2) is 53.5 Å². The molecule has 0 bridgehead atoms. The smallest absolute Gasteiger partial charge is 0.191 e. The van der Waals surface area contributed by atoms with Crippen LogP contribution in [0, 0.1) is 0 Å². The molecule has 27 heavy (non-hydrogen) atoms. The number of para-hydroxylation sites is 2. The lowest BCUT2D eigenvalue weighted by Crippen LogP contribution is -2.37. The molecule has 0 unspecified atom stereocenters. The van der Waals surface area contributed by atoms with Crippen LogP contribution in [0.3, 0.4) is 0 Å². The summed E-state index contributed by atoms with van der Waals surface area (Å²) < 4.78 is 0. The first-order valence-electron chi connectivity index (χ1n) is 8.95. The van der Waals surface area contributed by atoms with Gasteiger partial charge in [-0.2, -0.15) is 0 Å². The van der Waals surface area contributed by atoms with Gasteiger partial charge in [-0.15, -0.1) is 24.0 Å². The number of H-pyrrole nitrogens is 1. The van der Waals surface area contributed by atoms with Crippen LogP contribution in [0.2, 0.25) is 5.02 Å². The molecule has 0 radical (unpaired) electrons. The van der Waals surface area contributed by atoms with E-state index in [2.05, 4.69) is 38.6 Å². The van der Waals surface area contributed by atoms with Gasteiger partial charge in [0.05, 0.1) is 17.6 Å². The van der Waals surface area contributed by atoms with Gasteiger partial charge in [-0.05, 0) is 43.2 Å². The highest BCUT2D eigenvalue weighted by Gasteiger charge is 2.02. The summed E-state index contributed by atoms with van der Waals surface area (Å²) in [4.78, 5) is 12.6. The number of benzene rings is 2. The first-order valence-corrected chi connectivity index (χ1v) is 9.32. The van der Waals surface area contributed by atoms with Gasteiger partial charge in [-0.25, -0.2) is 9.98 Å². The third-order valence-corrected chi connectivity index (χ3v) is 4.25. The van der Waals surface area contributed by atoms with E-state index >= 15 is 0 Å². The molecule has 0 amide bonds. The zero-order valence-corrected chi connectivity index (χ0v) is 18.4. The van der Waals surface area contributed by atoms with Crippen molar-refractivity contribution in [2.45, 2.75) is 26.3 Å². The molecule has 0 aliphatic carbocycles. The van der Waals surface area contributed by atoms with Gasteiger partial charge in [0.2, 0.25) is 0 Å². The second-order valence-corrected chi connectivity index (χ2v) is 6.49. The Morgan fingerprint density at radius 1 is 1.11 bits per heavy atom. The van der Waals surface area contributed by atoms with E-state index in [-0.39, 0.29) is 24.0 Å². The summed E-state index contributed by atoms with van der Waals surface area (Å²) in [5.74, 6) is 1.85. The number of aromatic amines is 1. The van der Waals surface area contributed by atoms with Gasteiger partial charge in [0.25, 0.3) is 0 Å². The summed E-state index contributed by atoms with van der Waals surface area (Å²) in [5, 5.41) is 7.40. The first kappa shape index (κ1) is 21.5. The largest absolute Gasteiger partial charge is 0.357 e. The minimum atomic E-state index is 0. The quantitative estimate of drug-likeness (QED) is 0.195. The number of nitrogens with zero attached hydrogens (tertiary/aromatic N) is 2. The lowest BCUT2D eigenvalue weighted by atomic mass is 10.2. The van der Waals surface area contributed by atoms with Gasteiger partial charge < -0.3 is 15.6 Å². The normalized spacial score (nSPS) is 11.3. The van der Waals surface area contributed by atoms with E-state index in [4.69, 9.17) is 11.6 Å². The fourth-order valence-electron chi connectivity index (χ4n) is 2.69. The molecule has 5 nitrogen and oxygen atoms in total. The minimum absolute atomic E-state index is 0. The fourth-order valence-corrected chi connectivity index (χ4v) is 2.81. The predicted octanol–water partition coefficient (Wildman–Crippen LogP) is 4.52. The van der Waals surface area contributed by atoms with Crippen molar-refractivity contribution >= 4 is 52.6 Å². The number of rotatable bonds is 7. The van der Waals surface area contributed by atoms with Crippen LogP contribution < -0.4 is 10.6 Å². The number of nitrogens with one attached hydrogen (secondary N) is 3. The van der Waals surface area contributed by atoms with Crippen molar-refractivity contribution in [3.63, 3.8) is 0 Å². The van der Waals surface area contributed by atoms with Crippen molar-refractivity contribution in [2.24, 2.45) is 4.99 Å². The number of imidazole rings is 1. The van der Waals surface area contributed by atoms with E-state index in [1.807, 2.05) is 42.5 Å². The summed E-state index contributed by atoms with van der Waals surface area (Å²) >= 11 is 5.92. The molecule has 0 fully saturated rings. The standard InChI is InChI=1S/C20H24ClN5.HI/c1-2-22-20(24-14-15-9-11-16(21)12-10-15)23-13-5-8-19-25-17-6-3-4-7-18(17)26-19;/h3-4,6-7,9-12H,2,5,8,13-14H2,1H3,(H,25,26)(H2,22,23,24);1H. The van der Waals surface area contributed by atoms with Crippen LogP contribution in [-0.2, 0) is 13.0 Å². The highest BCUT2D eigenvalue weighted by atomic mass is 127. The van der Waals surface area contributed by atoms with Gasteiger partial charge in [-0.3, -0.25) is 0 Å². The molecule has 0 atom stereocenters. The summed E-state index contributed by atoms with van der Waals surface area (Å²) in [7, 11) is 0. The molecule has 1 heterocycles. The molecular weight excluding hydrogens is 473 g/mol. The number of halogens is 2. The van der Waals surface area contributed by atoms with Gasteiger partial charge in [-0.1, -0.05) is 35.9 Å². The molecular formula is C20H25ClIN5. The molecule has 0 saturated heterocycles. The summed E-state index contributed by atoms with van der Waals surface area (Å²) in [6.45, 7) is 4.35. The molecule has 3 N–H and O–H groups in total. The minimum Gasteiger partial charge on any atom is -0.357 e. The Morgan fingerprint density at radius 2 is 1.89 bits per heavy atom. The molecule has 3 rings (SSSR count). The highest BCUT2D eigenvalue weighted by molar-refractivity contribution is 14.0. The van der Waals surface area contributed by atoms with Crippen LogP contribution in [0.1, 0.15) is 24.7 Å². The Balaban J connectivity index is 0.00000261. The van der Waals surface area contributed by atoms with Gasteiger partial charge >= 0.3 is 0 Å². The zero-order chi connectivity index (χ0) is 18.2. The number of aromatic nitrogens is 2. The van der Waals surface area contributed by atoms with Crippen LogP contribution in [0.5, 0.6) is 0 Å². The van der Waals surface area contributed by atoms with Gasteiger partial charge in [0.1, 0.15) is 5.82 Å². The van der Waals surface area contributed by atoms with Crippen LogP contribution in [0.4, 0.5) is 0 Å². The molecule has 2 aromatic carbocycles. The van der Waals surface area contributed by atoms with E-state index < -0.39 is 0 Å². The Hall–Kier alpha value is -1.80. The van der Waals surface area contributed by atoms with Crippen molar-refractivity contribution in [1.82, 2.24) is 20.6 Å². The lowest BCUT2D eigenvalue weighted by Gasteiger charge is -2.11. The fraction of sp³-hybridized carbons (Fsp3) is 0.300. The summed E-state index contributed by atoms with van der Waals surface area (Å²) in [6.07, 6.45) is 1.88. The molecule has 144 valence electrons. The molecule has 0 spiro atoms. The van der Waals surface area contributed by atoms with Crippen molar-refractivity contribution in [3.8, 4) is 0 Å². The molecule has 0 saturated carbocycles. The zero-order valence-electron chi connectivity index (χ0n) is 15.3. The number of hydrogen-bond donors (Lipinski definition) is 3. The molecule has 0 aliphatic rings. The van der Waals surface area contributed by atoms with E-state index in [9.17, 15) is 0 Å². The Bertz CT molecular complexity index is 827. The SMILES string of the molecule is CCNC(=NCc1ccc(Cl)cc1)NCCCc1nc2ccccc2[nH]1.I. The number of guanidine groups is 1. The lowest BCUT2D eigenvalue weighted by molar-refractivity contribution is 0.727. The Labute approximate surface area is 182 Å². The predicted molar refractivity (Wildman–Crippen MR) is 124 cm³/mol. The number of hydrogen-bond acceptors (Lipinski definition) is 2. The number of aliphatic imine (C=N–C) groups is 1. The molecule has 7 heteroatoms. The first-order chi connectivity index (χ1) is 12.7. The van der Waals surface area contributed by atoms with Gasteiger partial charge in [0, 0.05) is 24.5 Å². The highest BCUT2D eigenvalue weighted by Crippen LogP contribution is 2.11. The van der Waals surface area contributed by atoms with Gasteiger partial charge in [0.15, 0.2) is 5.96 Å². The van der Waals surface area contributed by atoms with E-state index in [0.717, 1.165) is 59.3 Å². The van der Waals surface area contributed by atoms with Crippen molar-refractivity contribution in [1.29, 1.82) is 0 Å². The third kappa shape index (κ3) is 6.70. The summed E-state index contributed by atoms with van der Waals surface area (Å²) in [5.41, 5.74) is 3.25. The van der Waals surface area contributed by atoms with Crippen LogP contribution in [-0.4, -0.2) is 29.0 Å². The van der Waals surface area contributed by atoms with E-state index in [1.54, 1.807) is 0 Å². The molecule has 3 aromatic rings. The second kappa shape index (κ2) is 11.1. The summed E-state index contributed by atoms with van der Waals surface area (Å²) in [6, 6.07) is 15.9. The van der Waals surface area contributed by atoms with Crippen LogP contribution >= 0.6 is 35.6 Å².